The second kappa shape index (κ2) is 12.5. The van der Waals surface area contributed by atoms with Crippen LogP contribution in [0.25, 0.3) is 11.3 Å². The molecule has 0 aliphatic carbocycles. The first-order valence-corrected chi connectivity index (χ1v) is 12.7. The Hall–Kier alpha value is -3.00. The number of rotatable bonds is 10. The van der Waals surface area contributed by atoms with Crippen LogP contribution in [0.4, 0.5) is 0 Å². The Morgan fingerprint density at radius 3 is 2.65 bits per heavy atom. The highest BCUT2D eigenvalue weighted by molar-refractivity contribution is 7.07. The lowest BCUT2D eigenvalue weighted by molar-refractivity contribution is -0.121. The topological polar surface area (TPSA) is 85.0 Å². The van der Waals surface area contributed by atoms with Gasteiger partial charge in [0, 0.05) is 42.4 Å². The van der Waals surface area contributed by atoms with Gasteiger partial charge in [-0.3, -0.25) is 14.6 Å². The van der Waals surface area contributed by atoms with Gasteiger partial charge >= 0.3 is 0 Å². The number of carbonyl (C=O) groups excluding carboxylic acids is 2. The zero-order valence-electron chi connectivity index (χ0n) is 20.5. The number of thiazole rings is 1. The van der Waals surface area contributed by atoms with Gasteiger partial charge in [-0.1, -0.05) is 13.8 Å². The van der Waals surface area contributed by atoms with Gasteiger partial charge in [-0.15, -0.1) is 11.3 Å². The second-order valence-electron chi connectivity index (χ2n) is 8.75. The van der Waals surface area contributed by atoms with Crippen molar-refractivity contribution in [3.63, 3.8) is 0 Å². The molecule has 1 aliphatic rings. The number of nitrogens with zero attached hydrogens (tertiary/aromatic N) is 3. The summed E-state index contributed by atoms with van der Waals surface area (Å²) in [7, 11) is 0. The Morgan fingerprint density at radius 1 is 1.24 bits per heavy atom. The molecule has 0 bridgehead atoms. The largest absolute Gasteiger partial charge is 0.494 e. The van der Waals surface area contributed by atoms with Crippen molar-refractivity contribution < 1.29 is 14.3 Å². The van der Waals surface area contributed by atoms with Gasteiger partial charge in [0.05, 0.1) is 12.3 Å². The smallest absolute Gasteiger partial charge is 0.277 e. The monoisotopic (exact) mass is 482 g/mol. The lowest BCUT2D eigenvalue weighted by Gasteiger charge is -2.12. The van der Waals surface area contributed by atoms with E-state index in [1.54, 1.807) is 6.20 Å². The van der Waals surface area contributed by atoms with Gasteiger partial charge in [-0.25, -0.2) is 0 Å². The third kappa shape index (κ3) is 7.25. The molecule has 0 fully saturated rings. The summed E-state index contributed by atoms with van der Waals surface area (Å²) in [6.07, 6.45) is 4.34. The van der Waals surface area contributed by atoms with Gasteiger partial charge in [0.1, 0.15) is 5.75 Å². The Labute approximate surface area is 205 Å². The normalized spacial score (nSPS) is 14.1. The fraction of sp³-hybridized carbons (Fsp3) is 0.462. The first-order valence-electron chi connectivity index (χ1n) is 11.9. The van der Waals surface area contributed by atoms with Crippen LogP contribution in [0, 0.1) is 5.92 Å². The minimum Gasteiger partial charge on any atom is -0.494 e. The molecule has 0 saturated carbocycles. The van der Waals surface area contributed by atoms with Crippen LogP contribution in [-0.4, -0.2) is 35.2 Å². The Kier molecular flexibility index (Phi) is 9.39. The fourth-order valence-electron chi connectivity index (χ4n) is 3.62. The van der Waals surface area contributed by atoms with Gasteiger partial charge in [0.25, 0.3) is 5.91 Å². The number of benzene rings is 1. The highest BCUT2D eigenvalue weighted by Gasteiger charge is 2.15. The molecular weight excluding hydrogens is 448 g/mol. The third-order valence-electron chi connectivity index (χ3n) is 5.40. The summed E-state index contributed by atoms with van der Waals surface area (Å²) in [6.45, 7) is 9.81. The zero-order chi connectivity index (χ0) is 24.5. The van der Waals surface area contributed by atoms with E-state index in [-0.39, 0.29) is 11.8 Å². The maximum Gasteiger partial charge on any atom is 0.277 e. The van der Waals surface area contributed by atoms with Crippen molar-refractivity contribution in [1.82, 2.24) is 9.88 Å². The van der Waals surface area contributed by atoms with Gasteiger partial charge in [-0.2, -0.15) is 4.99 Å². The van der Waals surface area contributed by atoms with Crippen molar-refractivity contribution in [2.45, 2.75) is 59.9 Å². The molecule has 34 heavy (non-hydrogen) atoms. The number of ether oxygens (including phenoxy) is 1. The molecule has 1 aliphatic heterocycles. The number of amides is 2. The molecule has 1 aromatic heterocycles. The number of hydrogen-bond acceptors (Lipinski definition) is 5. The molecule has 182 valence electrons. The van der Waals surface area contributed by atoms with Crippen molar-refractivity contribution in [2.24, 2.45) is 15.9 Å². The molecule has 8 heteroatoms. The average molecular weight is 483 g/mol. The number of nitrogens with one attached hydrogen (secondary N) is 1. The van der Waals surface area contributed by atoms with E-state index in [1.165, 1.54) is 11.3 Å². The van der Waals surface area contributed by atoms with Gasteiger partial charge in [0.2, 0.25) is 5.91 Å². The molecule has 1 aromatic carbocycles. The van der Waals surface area contributed by atoms with Gasteiger partial charge in [-0.05, 0) is 68.9 Å². The van der Waals surface area contributed by atoms with E-state index < -0.39 is 0 Å². The minimum absolute atomic E-state index is 0.0669. The van der Waals surface area contributed by atoms with E-state index in [2.05, 4.69) is 19.9 Å². The highest BCUT2D eigenvalue weighted by Crippen LogP contribution is 2.24. The van der Waals surface area contributed by atoms with Gasteiger partial charge in [0.15, 0.2) is 4.80 Å². The summed E-state index contributed by atoms with van der Waals surface area (Å²) < 4.78 is 7.62. The van der Waals surface area contributed by atoms with Crippen LogP contribution in [0.15, 0.2) is 51.4 Å². The Morgan fingerprint density at radius 2 is 2.00 bits per heavy atom. The fourth-order valence-corrected chi connectivity index (χ4v) is 4.55. The molecule has 0 saturated heterocycles. The summed E-state index contributed by atoms with van der Waals surface area (Å²) in [5.74, 6) is 0.977. The molecule has 0 radical (unpaired) electrons. The van der Waals surface area contributed by atoms with Crippen LogP contribution in [0.1, 0.15) is 53.4 Å². The molecule has 2 heterocycles. The molecule has 1 N–H and O–H groups in total. The Bertz CT molecular complexity index is 1120. The van der Waals surface area contributed by atoms with Crippen molar-refractivity contribution >= 4 is 28.9 Å². The molecule has 3 rings (SSSR count). The molecule has 2 amide bonds. The van der Waals surface area contributed by atoms with E-state index in [9.17, 15) is 9.59 Å². The first kappa shape index (κ1) is 25.6. The van der Waals surface area contributed by atoms with E-state index in [1.807, 2.05) is 57.3 Å². The molecule has 0 atom stereocenters. The van der Waals surface area contributed by atoms with Crippen LogP contribution >= 0.6 is 11.3 Å². The second-order valence-corrected chi connectivity index (χ2v) is 9.59. The van der Waals surface area contributed by atoms with Crippen LogP contribution in [0.2, 0.25) is 0 Å². The lowest BCUT2D eigenvalue weighted by atomic mass is 10.1. The third-order valence-corrected chi connectivity index (χ3v) is 6.27. The number of aliphatic imine (C=N–C) groups is 1. The molecule has 0 spiro atoms. The molecular formula is C26H34N4O3S. The summed E-state index contributed by atoms with van der Waals surface area (Å²) in [4.78, 5) is 34.2. The zero-order valence-corrected chi connectivity index (χ0v) is 21.3. The van der Waals surface area contributed by atoms with Crippen molar-refractivity contribution in [2.75, 3.05) is 13.2 Å². The SMILES string of the molecule is CCOc1ccc(-c2csc(=NC(=O)C3=CN=C(C)CC3)n2CCCNC(=O)CC(C)C)cc1. The summed E-state index contributed by atoms with van der Waals surface area (Å²) in [5, 5.41) is 5.01. The Balaban J connectivity index is 1.83. The average Bonchev–Trinajstić information content (AvgIpc) is 3.19. The van der Waals surface area contributed by atoms with Gasteiger partial charge < -0.3 is 14.6 Å². The summed E-state index contributed by atoms with van der Waals surface area (Å²) in [5.41, 5.74) is 3.67. The number of carbonyl (C=O) groups is 2. The van der Waals surface area contributed by atoms with E-state index in [4.69, 9.17) is 4.74 Å². The number of hydrogen-bond donors (Lipinski definition) is 1. The van der Waals surface area contributed by atoms with E-state index in [0.29, 0.717) is 48.8 Å². The van der Waals surface area contributed by atoms with Crippen molar-refractivity contribution in [1.29, 1.82) is 0 Å². The van der Waals surface area contributed by atoms with Crippen LogP contribution in [0.3, 0.4) is 0 Å². The van der Waals surface area contributed by atoms with Crippen LogP contribution < -0.4 is 14.9 Å². The number of aromatic nitrogens is 1. The summed E-state index contributed by atoms with van der Waals surface area (Å²) in [6, 6.07) is 7.92. The van der Waals surface area contributed by atoms with Crippen molar-refractivity contribution in [3.05, 3.63) is 46.2 Å². The molecule has 2 aromatic rings. The van der Waals surface area contributed by atoms with E-state index in [0.717, 1.165) is 35.6 Å². The summed E-state index contributed by atoms with van der Waals surface area (Å²) >= 11 is 1.44. The van der Waals surface area contributed by atoms with Crippen molar-refractivity contribution in [3.8, 4) is 17.0 Å². The lowest BCUT2D eigenvalue weighted by Crippen LogP contribution is -2.27. The predicted molar refractivity (Wildman–Crippen MR) is 137 cm³/mol. The molecule has 7 nitrogen and oxygen atoms in total. The molecule has 0 unspecified atom stereocenters. The quantitative estimate of drug-likeness (QED) is 0.497. The van der Waals surface area contributed by atoms with E-state index >= 15 is 0 Å². The minimum atomic E-state index is -0.240. The predicted octanol–water partition coefficient (Wildman–Crippen LogP) is 4.73. The highest BCUT2D eigenvalue weighted by atomic mass is 32.1. The van der Waals surface area contributed by atoms with Crippen LogP contribution in [-0.2, 0) is 16.1 Å². The maximum absolute atomic E-state index is 12.8. The maximum atomic E-state index is 12.8. The first-order chi connectivity index (χ1) is 16.4. The standard InChI is InChI=1S/C26H34N4O3S/c1-5-33-22-11-9-20(10-12-22)23-17-34-26(29-25(32)21-8-7-19(4)28-16-21)30(23)14-6-13-27-24(31)15-18(2)3/h9-12,16-18H,5-8,13-15H2,1-4H3,(H,27,31). The van der Waals surface area contributed by atoms with Crippen LogP contribution in [0.5, 0.6) is 5.75 Å².